The lowest BCUT2D eigenvalue weighted by Crippen LogP contribution is -2.22. The molecule has 0 aromatic heterocycles. The van der Waals surface area contributed by atoms with E-state index in [4.69, 9.17) is 19.0 Å². The molecule has 0 spiro atoms. The molecular weight excluding hydrogens is 262 g/mol. The first kappa shape index (κ1) is 15.8. The van der Waals surface area contributed by atoms with Crippen molar-refractivity contribution in [1.82, 2.24) is 5.06 Å². The van der Waals surface area contributed by atoms with Gasteiger partial charge in [-0.05, 0) is 23.8 Å². The SMILES string of the molecule is COc1cc(C=CC(=O)N(C)OC)cc(OC)c1OC. The lowest BCUT2D eigenvalue weighted by atomic mass is 10.1. The summed E-state index contributed by atoms with van der Waals surface area (Å²) in [5.41, 5.74) is 0.748. The van der Waals surface area contributed by atoms with Crippen molar-refractivity contribution in [2.45, 2.75) is 0 Å². The lowest BCUT2D eigenvalue weighted by molar-refractivity contribution is -0.162. The van der Waals surface area contributed by atoms with E-state index < -0.39 is 0 Å². The van der Waals surface area contributed by atoms with Gasteiger partial charge in [0, 0.05) is 13.1 Å². The van der Waals surface area contributed by atoms with Gasteiger partial charge < -0.3 is 14.2 Å². The summed E-state index contributed by atoms with van der Waals surface area (Å²) in [6, 6.07) is 3.50. The predicted molar refractivity (Wildman–Crippen MR) is 74.9 cm³/mol. The van der Waals surface area contributed by atoms with Crippen molar-refractivity contribution < 1.29 is 23.8 Å². The molecule has 0 saturated heterocycles. The highest BCUT2D eigenvalue weighted by molar-refractivity contribution is 5.91. The second-order valence-electron chi connectivity index (χ2n) is 3.81. The van der Waals surface area contributed by atoms with Crippen LogP contribution in [-0.4, -0.2) is 46.5 Å². The van der Waals surface area contributed by atoms with Gasteiger partial charge in [0.1, 0.15) is 0 Å². The topological polar surface area (TPSA) is 57.2 Å². The Kier molecular flexibility index (Phi) is 5.86. The number of likely N-dealkylation sites (N-methyl/N-ethyl adjacent to an activating group) is 1. The Morgan fingerprint density at radius 2 is 1.60 bits per heavy atom. The molecule has 1 amide bonds. The smallest absolute Gasteiger partial charge is 0.269 e. The molecule has 110 valence electrons. The lowest BCUT2D eigenvalue weighted by Gasteiger charge is -2.13. The van der Waals surface area contributed by atoms with Gasteiger partial charge in [0.25, 0.3) is 5.91 Å². The maximum Gasteiger partial charge on any atom is 0.269 e. The molecular formula is C14H19NO5. The third kappa shape index (κ3) is 3.64. The fourth-order valence-corrected chi connectivity index (χ4v) is 1.56. The minimum atomic E-state index is -0.277. The Bertz CT molecular complexity index is 473. The molecule has 0 aliphatic carbocycles. The van der Waals surface area contributed by atoms with Crippen molar-refractivity contribution in [1.29, 1.82) is 0 Å². The van der Waals surface area contributed by atoms with Crippen molar-refractivity contribution >= 4 is 12.0 Å². The van der Waals surface area contributed by atoms with Gasteiger partial charge in [-0.3, -0.25) is 9.63 Å². The number of methoxy groups -OCH3 is 3. The third-order valence-electron chi connectivity index (χ3n) is 2.69. The molecule has 0 atom stereocenters. The zero-order valence-electron chi connectivity index (χ0n) is 12.3. The molecule has 1 aromatic carbocycles. The zero-order valence-corrected chi connectivity index (χ0v) is 12.3. The maximum absolute atomic E-state index is 11.6. The number of hydroxylamine groups is 2. The summed E-state index contributed by atoms with van der Waals surface area (Å²) in [5, 5.41) is 1.12. The molecule has 0 saturated carbocycles. The van der Waals surface area contributed by atoms with E-state index in [1.165, 1.54) is 41.6 Å². The van der Waals surface area contributed by atoms with Crippen LogP contribution < -0.4 is 14.2 Å². The van der Waals surface area contributed by atoms with Crippen molar-refractivity contribution in [3.05, 3.63) is 23.8 Å². The number of ether oxygens (including phenoxy) is 3. The summed E-state index contributed by atoms with van der Waals surface area (Å²) in [6.45, 7) is 0. The Morgan fingerprint density at radius 3 is 2.00 bits per heavy atom. The summed E-state index contributed by atoms with van der Waals surface area (Å²) < 4.78 is 15.7. The van der Waals surface area contributed by atoms with Gasteiger partial charge in [0.2, 0.25) is 5.75 Å². The van der Waals surface area contributed by atoms with Gasteiger partial charge in [-0.25, -0.2) is 5.06 Å². The van der Waals surface area contributed by atoms with Gasteiger partial charge in [-0.1, -0.05) is 0 Å². The van der Waals surface area contributed by atoms with E-state index in [1.54, 1.807) is 18.2 Å². The monoisotopic (exact) mass is 281 g/mol. The van der Waals surface area contributed by atoms with E-state index in [0.717, 1.165) is 10.6 Å². The maximum atomic E-state index is 11.6. The van der Waals surface area contributed by atoms with Crippen LogP contribution >= 0.6 is 0 Å². The number of benzene rings is 1. The van der Waals surface area contributed by atoms with Crippen LogP contribution in [0.1, 0.15) is 5.56 Å². The van der Waals surface area contributed by atoms with Gasteiger partial charge in [-0.15, -0.1) is 0 Å². The van der Waals surface area contributed by atoms with Crippen LogP contribution in [0.15, 0.2) is 18.2 Å². The number of hydrogen-bond acceptors (Lipinski definition) is 5. The van der Waals surface area contributed by atoms with E-state index in [-0.39, 0.29) is 5.91 Å². The number of carbonyl (C=O) groups excluding carboxylic acids is 1. The van der Waals surface area contributed by atoms with E-state index in [0.29, 0.717) is 17.2 Å². The normalized spacial score (nSPS) is 10.4. The molecule has 0 radical (unpaired) electrons. The molecule has 20 heavy (non-hydrogen) atoms. The van der Waals surface area contributed by atoms with Gasteiger partial charge in [-0.2, -0.15) is 0 Å². The predicted octanol–water partition coefficient (Wildman–Crippen LogP) is 1.75. The molecule has 0 aliphatic heterocycles. The minimum Gasteiger partial charge on any atom is -0.493 e. The van der Waals surface area contributed by atoms with Gasteiger partial charge >= 0.3 is 0 Å². The molecule has 1 rings (SSSR count). The highest BCUT2D eigenvalue weighted by Gasteiger charge is 2.12. The highest BCUT2D eigenvalue weighted by atomic mass is 16.7. The summed E-state index contributed by atoms with van der Waals surface area (Å²) in [5.74, 6) is 1.28. The zero-order chi connectivity index (χ0) is 15.1. The first-order chi connectivity index (χ1) is 9.57. The summed E-state index contributed by atoms with van der Waals surface area (Å²) in [4.78, 5) is 16.4. The van der Waals surface area contributed by atoms with Crippen LogP contribution in [-0.2, 0) is 9.63 Å². The van der Waals surface area contributed by atoms with Crippen LogP contribution in [0, 0.1) is 0 Å². The van der Waals surface area contributed by atoms with Crippen LogP contribution in [0.2, 0.25) is 0 Å². The number of carbonyl (C=O) groups is 1. The second kappa shape index (κ2) is 7.40. The number of rotatable bonds is 6. The molecule has 0 N–H and O–H groups in total. The van der Waals surface area contributed by atoms with E-state index >= 15 is 0 Å². The molecule has 6 nitrogen and oxygen atoms in total. The fraction of sp³-hybridized carbons (Fsp3) is 0.357. The van der Waals surface area contributed by atoms with E-state index in [1.807, 2.05) is 0 Å². The summed E-state index contributed by atoms with van der Waals surface area (Å²) in [6.07, 6.45) is 3.03. The summed E-state index contributed by atoms with van der Waals surface area (Å²) >= 11 is 0. The highest BCUT2D eigenvalue weighted by Crippen LogP contribution is 2.38. The van der Waals surface area contributed by atoms with E-state index in [9.17, 15) is 4.79 Å². The quantitative estimate of drug-likeness (QED) is 0.587. The van der Waals surface area contributed by atoms with E-state index in [2.05, 4.69) is 0 Å². The van der Waals surface area contributed by atoms with Gasteiger partial charge in [0.15, 0.2) is 11.5 Å². The van der Waals surface area contributed by atoms with Crippen LogP contribution in [0.5, 0.6) is 17.2 Å². The molecule has 0 bridgehead atoms. The van der Waals surface area contributed by atoms with Crippen molar-refractivity contribution in [2.75, 3.05) is 35.5 Å². The Hall–Kier alpha value is -2.21. The number of nitrogens with zero attached hydrogens (tertiary/aromatic N) is 1. The number of amides is 1. The van der Waals surface area contributed by atoms with Crippen molar-refractivity contribution in [2.24, 2.45) is 0 Å². The van der Waals surface area contributed by atoms with Crippen LogP contribution in [0.4, 0.5) is 0 Å². The molecule has 0 fully saturated rings. The first-order valence-corrected chi connectivity index (χ1v) is 5.87. The molecule has 0 aliphatic rings. The average Bonchev–Trinajstić information content (AvgIpc) is 2.50. The molecule has 0 heterocycles. The van der Waals surface area contributed by atoms with Gasteiger partial charge in [0.05, 0.1) is 28.4 Å². The van der Waals surface area contributed by atoms with Crippen LogP contribution in [0.3, 0.4) is 0 Å². The van der Waals surface area contributed by atoms with Crippen molar-refractivity contribution in [3.8, 4) is 17.2 Å². The Labute approximate surface area is 118 Å². The second-order valence-corrected chi connectivity index (χ2v) is 3.81. The average molecular weight is 281 g/mol. The summed E-state index contributed by atoms with van der Waals surface area (Å²) in [7, 11) is 7.56. The Morgan fingerprint density at radius 1 is 1.05 bits per heavy atom. The van der Waals surface area contributed by atoms with Crippen LogP contribution in [0.25, 0.3) is 6.08 Å². The number of hydrogen-bond donors (Lipinski definition) is 0. The molecule has 1 aromatic rings. The first-order valence-electron chi connectivity index (χ1n) is 5.87. The largest absolute Gasteiger partial charge is 0.493 e. The standard InChI is InChI=1S/C14H19NO5/c1-15(20-5)13(16)7-6-10-8-11(17-2)14(19-4)12(9-10)18-3/h6-9H,1-5H3. The van der Waals surface area contributed by atoms with Crippen molar-refractivity contribution in [3.63, 3.8) is 0 Å². The fourth-order valence-electron chi connectivity index (χ4n) is 1.56. The molecule has 0 unspecified atom stereocenters. The molecule has 6 heteroatoms. The third-order valence-corrected chi connectivity index (χ3v) is 2.69. The minimum absolute atomic E-state index is 0.277. The Balaban J connectivity index is 3.08.